The van der Waals surface area contributed by atoms with Gasteiger partial charge in [-0.1, -0.05) is 30.3 Å². The van der Waals surface area contributed by atoms with E-state index in [4.69, 9.17) is 5.73 Å². The first-order valence-electron chi connectivity index (χ1n) is 8.49. The van der Waals surface area contributed by atoms with Crippen LogP contribution in [0.15, 0.2) is 59.7 Å². The summed E-state index contributed by atoms with van der Waals surface area (Å²) in [4.78, 5) is 29.2. The number of rotatable bonds is 4. The normalized spacial score (nSPS) is 12.5. The molecule has 0 fully saturated rings. The Kier molecular flexibility index (Phi) is 3.99. The lowest BCUT2D eigenvalue weighted by Crippen LogP contribution is -2.27. The zero-order chi connectivity index (χ0) is 19.1. The number of primary amides is 1. The Bertz CT molecular complexity index is 1230. The second-order valence-corrected chi connectivity index (χ2v) is 6.45. The Hall–Kier alpha value is -3.48. The summed E-state index contributed by atoms with van der Waals surface area (Å²) in [5, 5.41) is 0.475. The molecule has 0 spiro atoms. The number of hydrogen-bond donors (Lipinski definition) is 1. The maximum atomic E-state index is 13.8. The number of fused-ring (bicyclic) bond motifs is 3. The van der Waals surface area contributed by atoms with Gasteiger partial charge in [0.25, 0.3) is 5.56 Å². The van der Waals surface area contributed by atoms with Gasteiger partial charge in [-0.25, -0.2) is 9.37 Å². The minimum Gasteiger partial charge on any atom is -0.368 e. The average Bonchev–Trinajstić information content (AvgIpc) is 2.95. The van der Waals surface area contributed by atoms with Gasteiger partial charge in [-0.05, 0) is 30.7 Å². The van der Waals surface area contributed by atoms with Crippen molar-refractivity contribution in [3.05, 3.63) is 76.6 Å². The third kappa shape index (κ3) is 2.77. The minimum atomic E-state index is -0.593. The van der Waals surface area contributed by atoms with Gasteiger partial charge in [0.1, 0.15) is 23.4 Å². The van der Waals surface area contributed by atoms with Crippen molar-refractivity contribution in [2.24, 2.45) is 5.73 Å². The molecule has 0 aliphatic carbocycles. The third-order valence-corrected chi connectivity index (χ3v) is 4.76. The maximum absolute atomic E-state index is 13.8. The van der Waals surface area contributed by atoms with Gasteiger partial charge in [0, 0.05) is 5.39 Å². The second kappa shape index (κ2) is 6.35. The SMILES string of the molecule is CC(c1ccccc1)n1cnc2c3cc(F)ccc3n(CC(N)=O)c2c1=O. The fraction of sp³-hybridized carbons (Fsp3) is 0.150. The monoisotopic (exact) mass is 364 g/mol. The molecule has 4 aromatic rings. The summed E-state index contributed by atoms with van der Waals surface area (Å²) in [5.74, 6) is -1.03. The smallest absolute Gasteiger partial charge is 0.278 e. The van der Waals surface area contributed by atoms with Crippen molar-refractivity contribution in [2.75, 3.05) is 0 Å². The van der Waals surface area contributed by atoms with Crippen molar-refractivity contribution < 1.29 is 9.18 Å². The molecule has 7 heteroatoms. The highest BCUT2D eigenvalue weighted by Gasteiger charge is 2.20. The molecule has 0 aliphatic heterocycles. The van der Waals surface area contributed by atoms with E-state index in [0.717, 1.165) is 5.56 Å². The molecule has 0 saturated carbocycles. The van der Waals surface area contributed by atoms with Gasteiger partial charge in [0.05, 0.1) is 17.9 Å². The molecule has 6 nitrogen and oxygen atoms in total. The number of amides is 1. The number of hydrogen-bond acceptors (Lipinski definition) is 3. The molecule has 136 valence electrons. The molecule has 0 saturated heterocycles. The Morgan fingerprint density at radius 1 is 1.22 bits per heavy atom. The van der Waals surface area contributed by atoms with Crippen LogP contribution in [0.25, 0.3) is 21.9 Å². The average molecular weight is 364 g/mol. The highest BCUT2D eigenvalue weighted by atomic mass is 19.1. The largest absolute Gasteiger partial charge is 0.368 e. The van der Waals surface area contributed by atoms with E-state index in [2.05, 4.69) is 4.98 Å². The summed E-state index contributed by atoms with van der Waals surface area (Å²) >= 11 is 0. The number of carbonyl (C=O) groups is 1. The topological polar surface area (TPSA) is 82.9 Å². The predicted octanol–water partition coefficient (Wildman–Crippen LogP) is 2.58. The van der Waals surface area contributed by atoms with Crippen molar-refractivity contribution in [1.82, 2.24) is 14.1 Å². The molecular weight excluding hydrogens is 347 g/mol. The van der Waals surface area contributed by atoms with Crippen LogP contribution in [0.2, 0.25) is 0 Å². The summed E-state index contributed by atoms with van der Waals surface area (Å²) in [6.45, 7) is 1.71. The van der Waals surface area contributed by atoms with Crippen LogP contribution >= 0.6 is 0 Å². The number of benzene rings is 2. The summed E-state index contributed by atoms with van der Waals surface area (Å²) in [6, 6.07) is 13.4. The molecule has 0 aliphatic rings. The van der Waals surface area contributed by atoms with Crippen LogP contribution in [0.3, 0.4) is 0 Å². The molecule has 1 unspecified atom stereocenters. The summed E-state index contributed by atoms with van der Waals surface area (Å²) in [7, 11) is 0. The van der Waals surface area contributed by atoms with Gasteiger partial charge in [-0.2, -0.15) is 0 Å². The highest BCUT2D eigenvalue weighted by Crippen LogP contribution is 2.27. The van der Waals surface area contributed by atoms with Crippen molar-refractivity contribution >= 4 is 27.8 Å². The number of nitrogens with zero attached hydrogens (tertiary/aromatic N) is 3. The summed E-state index contributed by atoms with van der Waals surface area (Å²) in [6.07, 6.45) is 1.46. The lowest BCUT2D eigenvalue weighted by Gasteiger charge is -2.15. The number of carbonyl (C=O) groups excluding carboxylic acids is 1. The Labute approximate surface area is 153 Å². The van der Waals surface area contributed by atoms with Crippen LogP contribution in [0.1, 0.15) is 18.5 Å². The van der Waals surface area contributed by atoms with Crippen LogP contribution < -0.4 is 11.3 Å². The first-order chi connectivity index (χ1) is 13.0. The zero-order valence-corrected chi connectivity index (χ0v) is 14.6. The van der Waals surface area contributed by atoms with Gasteiger partial charge in [-0.3, -0.25) is 14.2 Å². The van der Waals surface area contributed by atoms with E-state index < -0.39 is 11.7 Å². The van der Waals surface area contributed by atoms with E-state index in [1.165, 1.54) is 33.7 Å². The fourth-order valence-electron chi connectivity index (χ4n) is 3.44. The summed E-state index contributed by atoms with van der Waals surface area (Å²) < 4.78 is 16.8. The van der Waals surface area contributed by atoms with Crippen LogP contribution in [0.4, 0.5) is 4.39 Å². The predicted molar refractivity (Wildman–Crippen MR) is 101 cm³/mol. The van der Waals surface area contributed by atoms with E-state index in [1.807, 2.05) is 37.3 Å². The Balaban J connectivity index is 2.03. The number of aromatic nitrogens is 3. The first kappa shape index (κ1) is 17.0. The molecule has 1 amide bonds. The molecule has 2 N–H and O–H groups in total. The van der Waals surface area contributed by atoms with Crippen molar-refractivity contribution in [3.8, 4) is 0 Å². The molecule has 0 radical (unpaired) electrons. The standard InChI is InChI=1S/C20H17FN4O2/c1-12(13-5-3-2-4-6-13)25-11-23-18-15-9-14(21)7-8-16(15)24(10-17(22)26)19(18)20(25)27/h2-9,11-12H,10H2,1H3,(H2,22,26). The molecule has 27 heavy (non-hydrogen) atoms. The molecule has 0 bridgehead atoms. The number of nitrogens with two attached hydrogens (primary N) is 1. The van der Waals surface area contributed by atoms with Crippen molar-refractivity contribution in [1.29, 1.82) is 0 Å². The molecule has 2 aromatic heterocycles. The van der Waals surface area contributed by atoms with E-state index >= 15 is 0 Å². The molecule has 4 rings (SSSR count). The van der Waals surface area contributed by atoms with E-state index in [0.29, 0.717) is 16.4 Å². The second-order valence-electron chi connectivity index (χ2n) is 6.45. The quantitative estimate of drug-likeness (QED) is 0.604. The lowest BCUT2D eigenvalue weighted by molar-refractivity contribution is -0.118. The van der Waals surface area contributed by atoms with Crippen LogP contribution in [-0.4, -0.2) is 20.0 Å². The number of halogens is 1. The summed E-state index contributed by atoms with van der Waals surface area (Å²) in [5.41, 5.74) is 7.14. The minimum absolute atomic E-state index is 0.188. The first-order valence-corrected chi connectivity index (χ1v) is 8.49. The Morgan fingerprint density at radius 2 is 1.96 bits per heavy atom. The van der Waals surface area contributed by atoms with Crippen LogP contribution in [0.5, 0.6) is 0 Å². The Morgan fingerprint density at radius 3 is 2.67 bits per heavy atom. The third-order valence-electron chi connectivity index (χ3n) is 4.76. The van der Waals surface area contributed by atoms with Gasteiger partial charge >= 0.3 is 0 Å². The van der Waals surface area contributed by atoms with Gasteiger partial charge in [0.15, 0.2) is 0 Å². The van der Waals surface area contributed by atoms with Crippen molar-refractivity contribution in [2.45, 2.75) is 19.5 Å². The molecular formula is C20H17FN4O2. The molecule has 1 atom stereocenters. The van der Waals surface area contributed by atoms with Gasteiger partial charge < -0.3 is 10.3 Å². The van der Waals surface area contributed by atoms with Crippen LogP contribution in [0, 0.1) is 5.82 Å². The lowest BCUT2D eigenvalue weighted by atomic mass is 10.1. The van der Waals surface area contributed by atoms with E-state index in [1.54, 1.807) is 0 Å². The van der Waals surface area contributed by atoms with Crippen molar-refractivity contribution in [3.63, 3.8) is 0 Å². The van der Waals surface area contributed by atoms with Gasteiger partial charge in [-0.15, -0.1) is 0 Å². The molecule has 2 aromatic carbocycles. The molecule has 2 heterocycles. The van der Waals surface area contributed by atoms with E-state index in [9.17, 15) is 14.0 Å². The fourth-order valence-corrected chi connectivity index (χ4v) is 3.44. The maximum Gasteiger partial charge on any atom is 0.278 e. The van der Waals surface area contributed by atoms with Crippen LogP contribution in [-0.2, 0) is 11.3 Å². The van der Waals surface area contributed by atoms with Gasteiger partial charge in [0.2, 0.25) is 5.91 Å². The highest BCUT2D eigenvalue weighted by molar-refractivity contribution is 6.06. The zero-order valence-electron chi connectivity index (χ0n) is 14.6. The van der Waals surface area contributed by atoms with E-state index in [-0.39, 0.29) is 23.7 Å².